The summed E-state index contributed by atoms with van der Waals surface area (Å²) in [7, 11) is 0. The second kappa shape index (κ2) is 7.82. The van der Waals surface area contributed by atoms with Crippen molar-refractivity contribution in [2.24, 2.45) is 0 Å². The highest BCUT2D eigenvalue weighted by molar-refractivity contribution is 6.06. The van der Waals surface area contributed by atoms with Gasteiger partial charge in [0.25, 0.3) is 17.4 Å². The molecule has 0 aliphatic carbocycles. The number of hydrogen-bond donors (Lipinski definition) is 0. The third-order valence-corrected chi connectivity index (χ3v) is 5.48. The number of amides is 2. The number of nitrogens with zero attached hydrogens (tertiary/aromatic N) is 4. The number of carbonyl (C=O) groups is 2. The first-order chi connectivity index (χ1) is 14.0. The van der Waals surface area contributed by atoms with E-state index in [9.17, 15) is 14.4 Å². The van der Waals surface area contributed by atoms with Crippen LogP contribution in [-0.4, -0.2) is 70.1 Å². The van der Waals surface area contributed by atoms with Crippen molar-refractivity contribution in [3.8, 4) is 0 Å². The van der Waals surface area contributed by atoms with Gasteiger partial charge in [0.05, 0.1) is 5.56 Å². The molecule has 0 aromatic carbocycles. The zero-order valence-corrected chi connectivity index (χ0v) is 16.4. The molecule has 4 rings (SSSR count). The fourth-order valence-electron chi connectivity index (χ4n) is 3.93. The first kappa shape index (κ1) is 19.4. The lowest BCUT2D eigenvalue weighted by Gasteiger charge is -2.35. The van der Waals surface area contributed by atoms with Crippen LogP contribution in [0.1, 0.15) is 29.0 Å². The van der Waals surface area contributed by atoms with Gasteiger partial charge in [0.1, 0.15) is 23.6 Å². The Kier molecular flexibility index (Phi) is 5.23. The molecule has 2 aliphatic heterocycles. The molecule has 2 aromatic heterocycles. The summed E-state index contributed by atoms with van der Waals surface area (Å²) in [6, 6.07) is 0. The lowest BCUT2D eigenvalue weighted by molar-refractivity contribution is -0.142. The van der Waals surface area contributed by atoms with Crippen LogP contribution in [0.4, 0.5) is 0 Å². The van der Waals surface area contributed by atoms with Crippen molar-refractivity contribution < 1.29 is 18.7 Å². The minimum atomic E-state index is -0.355. The van der Waals surface area contributed by atoms with E-state index in [1.54, 1.807) is 22.8 Å². The summed E-state index contributed by atoms with van der Waals surface area (Å²) in [6.45, 7) is 7.88. The van der Waals surface area contributed by atoms with Crippen molar-refractivity contribution in [1.82, 2.24) is 19.4 Å². The standard InChI is InChI=1S/C20H24N4O5/c1-3-6-24-12-21-17-16(20(24)27)15(13(2)29-17)19(26)23-9-7-22(8-10-23)18(25)14-5-4-11-28-14/h3,12,14H,1,4-11H2,2H3. The number of carbonyl (C=O) groups excluding carboxylic acids is 2. The number of aryl methyl sites for hydroxylation is 1. The quantitative estimate of drug-likeness (QED) is 0.709. The van der Waals surface area contributed by atoms with E-state index < -0.39 is 0 Å². The molecule has 9 heteroatoms. The summed E-state index contributed by atoms with van der Waals surface area (Å²) >= 11 is 0. The van der Waals surface area contributed by atoms with E-state index in [2.05, 4.69) is 11.6 Å². The SMILES string of the molecule is C=CCn1cnc2oc(C)c(C(=O)N3CCN(C(=O)C4CCCO4)CC3)c2c1=O. The van der Waals surface area contributed by atoms with Crippen molar-refractivity contribution in [2.75, 3.05) is 32.8 Å². The molecule has 0 radical (unpaired) electrons. The largest absolute Gasteiger partial charge is 0.442 e. The molecule has 0 spiro atoms. The molecule has 2 aliphatic rings. The third kappa shape index (κ3) is 3.46. The van der Waals surface area contributed by atoms with E-state index in [-0.39, 0.29) is 40.1 Å². The van der Waals surface area contributed by atoms with Gasteiger partial charge in [-0.25, -0.2) is 4.98 Å². The van der Waals surface area contributed by atoms with E-state index >= 15 is 0 Å². The second-order valence-electron chi connectivity index (χ2n) is 7.32. The summed E-state index contributed by atoms with van der Waals surface area (Å²) in [5.41, 5.74) is 0.0699. The maximum Gasteiger partial charge on any atom is 0.265 e. The predicted molar refractivity (Wildman–Crippen MR) is 105 cm³/mol. The summed E-state index contributed by atoms with van der Waals surface area (Å²) in [5, 5.41) is 0.190. The number of ether oxygens (including phenoxy) is 1. The zero-order valence-electron chi connectivity index (χ0n) is 16.4. The average molecular weight is 400 g/mol. The molecule has 0 bridgehead atoms. The van der Waals surface area contributed by atoms with Crippen molar-refractivity contribution in [3.05, 3.63) is 40.7 Å². The highest BCUT2D eigenvalue weighted by Crippen LogP contribution is 2.23. The smallest absolute Gasteiger partial charge is 0.265 e. The topological polar surface area (TPSA) is 97.9 Å². The molecule has 9 nitrogen and oxygen atoms in total. The summed E-state index contributed by atoms with van der Waals surface area (Å²) in [6.07, 6.45) is 4.28. The molecule has 2 aromatic rings. The van der Waals surface area contributed by atoms with Gasteiger partial charge in [0.2, 0.25) is 5.71 Å². The molecular formula is C20H24N4O5. The van der Waals surface area contributed by atoms with Crippen LogP contribution in [0.5, 0.6) is 0 Å². The van der Waals surface area contributed by atoms with E-state index in [0.717, 1.165) is 12.8 Å². The van der Waals surface area contributed by atoms with E-state index in [1.165, 1.54) is 10.9 Å². The molecule has 0 N–H and O–H groups in total. The average Bonchev–Trinajstić information content (AvgIpc) is 3.37. The van der Waals surface area contributed by atoms with Gasteiger partial charge in [-0.2, -0.15) is 0 Å². The Bertz CT molecular complexity index is 1010. The van der Waals surface area contributed by atoms with Gasteiger partial charge in [0.15, 0.2) is 0 Å². The first-order valence-electron chi connectivity index (χ1n) is 9.80. The Morgan fingerprint density at radius 1 is 1.28 bits per heavy atom. The first-order valence-corrected chi connectivity index (χ1v) is 9.80. The molecule has 4 heterocycles. The van der Waals surface area contributed by atoms with Crippen molar-refractivity contribution in [3.63, 3.8) is 0 Å². The minimum Gasteiger partial charge on any atom is -0.442 e. The summed E-state index contributed by atoms with van der Waals surface area (Å²) in [4.78, 5) is 46.1. The van der Waals surface area contributed by atoms with Gasteiger partial charge in [-0.3, -0.25) is 19.0 Å². The van der Waals surface area contributed by atoms with Crippen molar-refractivity contribution in [1.29, 1.82) is 0 Å². The van der Waals surface area contributed by atoms with Crippen LogP contribution in [0, 0.1) is 6.92 Å². The number of allylic oxidation sites excluding steroid dienone is 1. The van der Waals surface area contributed by atoms with Gasteiger partial charge in [-0.05, 0) is 19.8 Å². The number of piperazine rings is 1. The molecule has 154 valence electrons. The fourth-order valence-corrected chi connectivity index (χ4v) is 3.93. The van der Waals surface area contributed by atoms with E-state index in [0.29, 0.717) is 45.1 Å². The Morgan fingerprint density at radius 3 is 2.66 bits per heavy atom. The normalized spacial score (nSPS) is 19.7. The molecule has 0 saturated carbocycles. The van der Waals surface area contributed by atoms with Crippen LogP contribution >= 0.6 is 0 Å². The van der Waals surface area contributed by atoms with Crippen LogP contribution in [0.15, 0.2) is 28.2 Å². The Hall–Kier alpha value is -2.94. The zero-order chi connectivity index (χ0) is 20.5. The van der Waals surface area contributed by atoms with E-state index in [4.69, 9.17) is 9.15 Å². The van der Waals surface area contributed by atoms with Gasteiger partial charge in [0, 0.05) is 39.3 Å². The Balaban J connectivity index is 1.54. The molecule has 1 atom stereocenters. The van der Waals surface area contributed by atoms with Gasteiger partial charge < -0.3 is 19.0 Å². The summed E-state index contributed by atoms with van der Waals surface area (Å²) < 4.78 is 12.4. The lowest BCUT2D eigenvalue weighted by Crippen LogP contribution is -2.53. The maximum absolute atomic E-state index is 13.2. The van der Waals surface area contributed by atoms with Gasteiger partial charge >= 0.3 is 0 Å². The summed E-state index contributed by atoms with van der Waals surface area (Å²) in [5.74, 6) is 0.0839. The van der Waals surface area contributed by atoms with E-state index in [1.807, 2.05) is 0 Å². The predicted octanol–water partition coefficient (Wildman–Crippen LogP) is 0.947. The number of aromatic nitrogens is 2. The van der Waals surface area contributed by atoms with Gasteiger partial charge in [-0.15, -0.1) is 6.58 Å². The number of hydrogen-bond acceptors (Lipinski definition) is 6. The van der Waals surface area contributed by atoms with Crippen LogP contribution < -0.4 is 5.56 Å². The number of furan rings is 1. The molecule has 2 fully saturated rings. The molecule has 29 heavy (non-hydrogen) atoms. The van der Waals surface area contributed by atoms with Gasteiger partial charge in [-0.1, -0.05) is 6.08 Å². The van der Waals surface area contributed by atoms with Crippen LogP contribution in [0.2, 0.25) is 0 Å². The highest BCUT2D eigenvalue weighted by atomic mass is 16.5. The minimum absolute atomic E-state index is 0.00366. The fraction of sp³-hybridized carbons (Fsp3) is 0.500. The Labute approximate surface area is 167 Å². The molecule has 1 unspecified atom stereocenters. The van der Waals surface area contributed by atoms with Crippen molar-refractivity contribution in [2.45, 2.75) is 32.4 Å². The third-order valence-electron chi connectivity index (χ3n) is 5.48. The van der Waals surface area contributed by atoms with Crippen LogP contribution in [0.25, 0.3) is 11.1 Å². The number of rotatable bonds is 4. The highest BCUT2D eigenvalue weighted by Gasteiger charge is 2.33. The number of fused-ring (bicyclic) bond motifs is 1. The monoisotopic (exact) mass is 400 g/mol. The van der Waals surface area contributed by atoms with Crippen molar-refractivity contribution >= 4 is 22.9 Å². The second-order valence-corrected chi connectivity index (χ2v) is 7.32. The van der Waals surface area contributed by atoms with Crippen LogP contribution in [0.3, 0.4) is 0 Å². The molecular weight excluding hydrogens is 376 g/mol. The molecule has 2 saturated heterocycles. The van der Waals surface area contributed by atoms with Crippen LogP contribution in [-0.2, 0) is 16.1 Å². The maximum atomic E-state index is 13.2. The molecule has 2 amide bonds. The lowest BCUT2D eigenvalue weighted by atomic mass is 10.1. The Morgan fingerprint density at radius 2 is 2.00 bits per heavy atom.